The van der Waals surface area contributed by atoms with Crippen LogP contribution in [0.2, 0.25) is 0 Å². The Labute approximate surface area is 195 Å². The van der Waals surface area contributed by atoms with Gasteiger partial charge in [0.15, 0.2) is 0 Å². The third-order valence-electron chi connectivity index (χ3n) is 5.57. The summed E-state index contributed by atoms with van der Waals surface area (Å²) in [7, 11) is 1.66. The number of ether oxygens (including phenoxy) is 1. The number of benzene rings is 1. The summed E-state index contributed by atoms with van der Waals surface area (Å²) in [5, 5.41) is 19.6. The Bertz CT molecular complexity index is 1180. The third kappa shape index (κ3) is 4.32. The molecule has 0 bridgehead atoms. The molecule has 2 aromatic heterocycles. The van der Waals surface area contributed by atoms with Crippen LogP contribution in [0.5, 0.6) is 5.75 Å². The van der Waals surface area contributed by atoms with Gasteiger partial charge < -0.3 is 15.4 Å². The smallest absolute Gasteiger partial charge is 0.123 e. The van der Waals surface area contributed by atoms with Crippen LogP contribution in [0.1, 0.15) is 41.5 Å². The number of allylic oxidation sites excluding steroid dienone is 4. The van der Waals surface area contributed by atoms with E-state index >= 15 is 0 Å². The van der Waals surface area contributed by atoms with Crippen LogP contribution in [0, 0.1) is 0 Å². The van der Waals surface area contributed by atoms with Crippen LogP contribution in [-0.2, 0) is 0 Å². The van der Waals surface area contributed by atoms with Crippen LogP contribution in [0.25, 0.3) is 0 Å². The molecule has 2 aliphatic rings. The number of hydrogen-bond acceptors (Lipinski definition) is 6. The number of methoxy groups -OCH3 is 1. The van der Waals surface area contributed by atoms with E-state index in [1.54, 1.807) is 19.4 Å². The number of hydrogen-bond donors (Lipinski definition) is 4. The summed E-state index contributed by atoms with van der Waals surface area (Å²) in [4.78, 5) is 4.25. The first kappa shape index (κ1) is 20.9. The number of aromatic amines is 1. The Morgan fingerprint density at radius 1 is 1.19 bits per heavy atom. The van der Waals surface area contributed by atoms with Gasteiger partial charge in [-0.05, 0) is 36.8 Å². The minimum atomic E-state index is -0.200. The molecule has 0 unspecified atom stereocenters. The molecule has 3 aromatic rings. The zero-order chi connectivity index (χ0) is 22.1. The minimum Gasteiger partial charge on any atom is -0.497 e. The van der Waals surface area contributed by atoms with Crippen molar-refractivity contribution < 1.29 is 4.74 Å². The van der Waals surface area contributed by atoms with Crippen molar-refractivity contribution in [2.24, 2.45) is 0 Å². The Morgan fingerprint density at radius 3 is 2.88 bits per heavy atom. The van der Waals surface area contributed by atoms with Gasteiger partial charge in [0.1, 0.15) is 23.9 Å². The number of halogens is 2. The van der Waals surface area contributed by atoms with Gasteiger partial charge in [0.25, 0.3) is 0 Å². The molecule has 3 atom stereocenters. The zero-order valence-corrected chi connectivity index (χ0v) is 18.8. The monoisotopic (exact) mass is 468 g/mol. The summed E-state index contributed by atoms with van der Waals surface area (Å²) >= 11 is 12.4. The first-order valence-electron chi connectivity index (χ1n) is 10.2. The fourth-order valence-corrected chi connectivity index (χ4v) is 4.63. The molecule has 1 aliphatic carbocycles. The lowest BCUT2D eigenvalue weighted by molar-refractivity contribution is 0.411. The summed E-state index contributed by atoms with van der Waals surface area (Å²) in [5.41, 5.74) is 3.96. The maximum atomic E-state index is 6.23. The highest BCUT2D eigenvalue weighted by Crippen LogP contribution is 2.37. The molecule has 9 heteroatoms. The fourth-order valence-electron chi connectivity index (χ4n) is 4.00. The second-order valence-electron chi connectivity index (χ2n) is 7.72. The second-order valence-corrected chi connectivity index (χ2v) is 8.64. The normalized spacial score (nSPS) is 22.3. The summed E-state index contributed by atoms with van der Waals surface area (Å²) in [5.74, 6) is 1.60. The van der Waals surface area contributed by atoms with Crippen LogP contribution >= 0.6 is 23.2 Å². The SMILES string of the molecule is COc1ccc2c(c1)[C@@H](Nc1cc([C@@H]3C=C(Cl)C=C(Cl)C3)n[nH]1)N[C@@H](c1cccnc1)N2. The maximum Gasteiger partial charge on any atom is 0.123 e. The van der Waals surface area contributed by atoms with Crippen molar-refractivity contribution in [3.8, 4) is 5.75 Å². The van der Waals surface area contributed by atoms with E-state index in [1.165, 1.54) is 0 Å². The Hall–Kier alpha value is -3.00. The van der Waals surface area contributed by atoms with Gasteiger partial charge in [-0.2, -0.15) is 5.10 Å². The molecule has 0 saturated heterocycles. The van der Waals surface area contributed by atoms with E-state index in [9.17, 15) is 0 Å². The van der Waals surface area contributed by atoms with Gasteiger partial charge in [-0.15, -0.1) is 0 Å². The summed E-state index contributed by atoms with van der Waals surface area (Å²) in [6.07, 6.45) is 7.71. The predicted octanol–water partition coefficient (Wildman–Crippen LogP) is 5.37. The average Bonchev–Trinajstić information content (AvgIpc) is 3.27. The van der Waals surface area contributed by atoms with Crippen LogP contribution in [0.15, 0.2) is 71.0 Å². The molecule has 164 valence electrons. The Morgan fingerprint density at radius 2 is 2.09 bits per heavy atom. The standard InChI is InChI=1S/C23H22Cl2N6O/c1-32-17-4-5-19-18(10-17)23(29-22(27-19)13-3-2-6-26-12-13)28-21-11-20(30-31-21)14-7-15(24)9-16(25)8-14/h2-7,9-12,14,22-23,27,29H,8H2,1H3,(H2,28,30,31)/t14-,22+,23+/m1/s1. The molecule has 0 saturated carbocycles. The Balaban J connectivity index is 1.42. The van der Waals surface area contributed by atoms with E-state index in [4.69, 9.17) is 27.9 Å². The highest BCUT2D eigenvalue weighted by Gasteiger charge is 2.28. The molecule has 0 spiro atoms. The van der Waals surface area contributed by atoms with Crippen LogP contribution in [0.3, 0.4) is 0 Å². The van der Waals surface area contributed by atoms with Gasteiger partial charge in [-0.1, -0.05) is 35.3 Å². The summed E-state index contributed by atoms with van der Waals surface area (Å²) in [6, 6.07) is 11.9. The summed E-state index contributed by atoms with van der Waals surface area (Å²) in [6.45, 7) is 0. The molecule has 3 heterocycles. The topological polar surface area (TPSA) is 86.9 Å². The number of H-pyrrole nitrogens is 1. The lowest BCUT2D eigenvalue weighted by Gasteiger charge is -2.35. The van der Waals surface area contributed by atoms with Gasteiger partial charge in [0.05, 0.1) is 12.8 Å². The van der Waals surface area contributed by atoms with Crippen molar-refractivity contribution >= 4 is 34.7 Å². The number of rotatable bonds is 5. The van der Waals surface area contributed by atoms with Crippen molar-refractivity contribution in [1.82, 2.24) is 20.5 Å². The van der Waals surface area contributed by atoms with E-state index in [1.807, 2.05) is 48.7 Å². The molecule has 5 rings (SSSR count). The van der Waals surface area contributed by atoms with Crippen molar-refractivity contribution in [3.05, 3.63) is 87.8 Å². The van der Waals surface area contributed by atoms with Crippen LogP contribution in [-0.4, -0.2) is 22.3 Å². The molecule has 4 N–H and O–H groups in total. The van der Waals surface area contributed by atoms with Gasteiger partial charge in [0.2, 0.25) is 0 Å². The number of nitrogens with one attached hydrogen (secondary N) is 4. The van der Waals surface area contributed by atoms with Crippen molar-refractivity contribution in [2.75, 3.05) is 17.7 Å². The molecule has 0 amide bonds. The quantitative estimate of drug-likeness (QED) is 0.402. The molecule has 0 radical (unpaired) electrons. The number of pyridine rings is 1. The number of fused-ring (bicyclic) bond motifs is 1. The third-order valence-corrected chi connectivity index (χ3v) is 6.07. The molecule has 0 fully saturated rings. The van der Waals surface area contributed by atoms with Gasteiger partial charge >= 0.3 is 0 Å². The van der Waals surface area contributed by atoms with Gasteiger partial charge in [-0.3, -0.25) is 15.4 Å². The van der Waals surface area contributed by atoms with Crippen molar-refractivity contribution in [1.29, 1.82) is 0 Å². The Kier molecular flexibility index (Phi) is 5.78. The van der Waals surface area contributed by atoms with Crippen LogP contribution in [0.4, 0.5) is 11.5 Å². The maximum absolute atomic E-state index is 6.23. The minimum absolute atomic E-state index is 0.0308. The van der Waals surface area contributed by atoms with Gasteiger partial charge in [-0.25, -0.2) is 0 Å². The van der Waals surface area contributed by atoms with E-state index in [0.29, 0.717) is 11.5 Å². The molecular formula is C23H22Cl2N6O. The van der Waals surface area contributed by atoms with Crippen molar-refractivity contribution in [3.63, 3.8) is 0 Å². The van der Waals surface area contributed by atoms with Crippen molar-refractivity contribution in [2.45, 2.75) is 24.7 Å². The van der Waals surface area contributed by atoms with E-state index in [0.717, 1.165) is 39.1 Å². The number of anilines is 2. The molecule has 1 aliphatic heterocycles. The molecule has 1 aromatic carbocycles. The molecule has 32 heavy (non-hydrogen) atoms. The lowest BCUT2D eigenvalue weighted by Crippen LogP contribution is -2.40. The highest BCUT2D eigenvalue weighted by molar-refractivity contribution is 6.35. The summed E-state index contributed by atoms with van der Waals surface area (Å²) < 4.78 is 5.44. The van der Waals surface area contributed by atoms with Gasteiger partial charge in [0, 0.05) is 51.3 Å². The van der Waals surface area contributed by atoms with Crippen LogP contribution < -0.4 is 20.7 Å². The molecular weight excluding hydrogens is 447 g/mol. The number of aromatic nitrogens is 3. The fraction of sp³-hybridized carbons (Fsp3) is 0.217. The zero-order valence-electron chi connectivity index (χ0n) is 17.3. The molecule has 7 nitrogen and oxygen atoms in total. The first-order valence-corrected chi connectivity index (χ1v) is 11.0. The van der Waals surface area contributed by atoms with E-state index < -0.39 is 0 Å². The number of nitrogens with zero attached hydrogens (tertiary/aromatic N) is 2. The largest absolute Gasteiger partial charge is 0.497 e. The van der Waals surface area contributed by atoms with E-state index in [2.05, 4.69) is 31.1 Å². The average molecular weight is 469 g/mol. The lowest BCUT2D eigenvalue weighted by atomic mass is 9.97. The predicted molar refractivity (Wildman–Crippen MR) is 127 cm³/mol. The highest BCUT2D eigenvalue weighted by atomic mass is 35.5. The second kappa shape index (κ2) is 8.86. The van der Waals surface area contributed by atoms with E-state index in [-0.39, 0.29) is 18.2 Å². The first-order chi connectivity index (χ1) is 15.6.